The number of amides is 1. The van der Waals surface area contributed by atoms with Gasteiger partial charge in [-0.15, -0.1) is 0 Å². The summed E-state index contributed by atoms with van der Waals surface area (Å²) in [4.78, 5) is 12.2. The zero-order valence-electron chi connectivity index (χ0n) is 9.20. The van der Waals surface area contributed by atoms with E-state index in [1.165, 1.54) is 4.90 Å². The summed E-state index contributed by atoms with van der Waals surface area (Å²) < 4.78 is 0. The summed E-state index contributed by atoms with van der Waals surface area (Å²) in [5, 5.41) is 10.8. The topological polar surface area (TPSA) is 43.4 Å². The normalized spacial score (nSPS) is 13.5. The molecule has 0 saturated heterocycles. The Morgan fingerprint density at radius 2 is 1.69 bits per heavy atom. The Labute approximate surface area is 80.7 Å². The third-order valence-electron chi connectivity index (χ3n) is 2.05. The molecule has 3 heteroatoms. The van der Waals surface area contributed by atoms with Crippen molar-refractivity contribution in [2.45, 2.75) is 53.1 Å². The van der Waals surface area contributed by atoms with Crippen molar-refractivity contribution in [2.75, 3.05) is 0 Å². The first-order valence-corrected chi connectivity index (χ1v) is 4.85. The number of carboxylic acid groups (broad SMARTS) is 1. The van der Waals surface area contributed by atoms with Crippen molar-refractivity contribution in [2.24, 2.45) is 5.92 Å². The van der Waals surface area contributed by atoms with Crippen molar-refractivity contribution in [1.82, 2.24) is 4.90 Å². The molecular weight excluding hydrogens is 166 g/mol. The molecular formula is C10H20NO2-. The molecule has 0 aromatic heterocycles. The molecule has 0 N–H and O–H groups in total. The maximum Gasteiger partial charge on any atom is 0.137 e. The Balaban J connectivity index is 4.28. The maximum absolute atomic E-state index is 10.8. The fraction of sp³-hybridized carbons (Fsp3) is 0.900. The highest BCUT2D eigenvalue weighted by Gasteiger charge is 2.17. The van der Waals surface area contributed by atoms with Crippen LogP contribution in [0.15, 0.2) is 0 Å². The van der Waals surface area contributed by atoms with E-state index in [0.29, 0.717) is 5.92 Å². The van der Waals surface area contributed by atoms with E-state index < -0.39 is 6.09 Å². The van der Waals surface area contributed by atoms with Gasteiger partial charge in [0, 0.05) is 12.1 Å². The van der Waals surface area contributed by atoms with Crippen LogP contribution >= 0.6 is 0 Å². The zero-order valence-corrected chi connectivity index (χ0v) is 9.20. The largest absolute Gasteiger partial charge is 0.530 e. The lowest BCUT2D eigenvalue weighted by atomic mass is 10.0. The fourth-order valence-corrected chi connectivity index (χ4v) is 1.70. The van der Waals surface area contributed by atoms with Crippen molar-refractivity contribution in [1.29, 1.82) is 0 Å². The van der Waals surface area contributed by atoms with E-state index in [1.807, 2.05) is 20.8 Å². The van der Waals surface area contributed by atoms with E-state index in [-0.39, 0.29) is 12.1 Å². The summed E-state index contributed by atoms with van der Waals surface area (Å²) >= 11 is 0. The molecule has 0 spiro atoms. The predicted octanol–water partition coefficient (Wildman–Crippen LogP) is 1.47. The summed E-state index contributed by atoms with van der Waals surface area (Å²) in [6.45, 7) is 9.84. The lowest BCUT2D eigenvalue weighted by Gasteiger charge is -2.36. The van der Waals surface area contributed by atoms with Gasteiger partial charge in [0.1, 0.15) is 6.09 Å². The van der Waals surface area contributed by atoms with Gasteiger partial charge in [-0.2, -0.15) is 0 Å². The second-order valence-electron chi connectivity index (χ2n) is 4.25. The molecule has 0 aromatic rings. The van der Waals surface area contributed by atoms with E-state index >= 15 is 0 Å². The van der Waals surface area contributed by atoms with Crippen molar-refractivity contribution >= 4 is 6.09 Å². The van der Waals surface area contributed by atoms with Gasteiger partial charge in [0.05, 0.1) is 0 Å². The summed E-state index contributed by atoms with van der Waals surface area (Å²) in [5.74, 6) is 0.510. The highest BCUT2D eigenvalue weighted by molar-refractivity contribution is 5.63. The summed E-state index contributed by atoms with van der Waals surface area (Å²) in [7, 11) is 0. The number of hydrogen-bond acceptors (Lipinski definition) is 2. The standard InChI is InChI=1S/C10H21NO2/c1-7(2)6-9(5)11(8(3)4)10(12)13/h7-9H,6H2,1-5H3,(H,12,13)/p-1. The molecule has 1 amide bonds. The molecule has 3 nitrogen and oxygen atoms in total. The predicted molar refractivity (Wildman–Crippen MR) is 51.3 cm³/mol. The molecule has 1 unspecified atom stereocenters. The van der Waals surface area contributed by atoms with Gasteiger partial charge >= 0.3 is 0 Å². The van der Waals surface area contributed by atoms with E-state index in [0.717, 1.165) is 6.42 Å². The molecule has 78 valence electrons. The average molecular weight is 186 g/mol. The first-order valence-electron chi connectivity index (χ1n) is 4.85. The SMILES string of the molecule is CC(C)CC(C)N(C(=O)[O-])C(C)C. The Hall–Kier alpha value is -0.730. The zero-order chi connectivity index (χ0) is 10.6. The number of carbonyl (C=O) groups is 1. The van der Waals surface area contributed by atoms with Gasteiger partial charge in [-0.05, 0) is 33.1 Å². The summed E-state index contributed by atoms with van der Waals surface area (Å²) in [6, 6.07) is 0.0451. The van der Waals surface area contributed by atoms with E-state index in [9.17, 15) is 9.90 Å². The van der Waals surface area contributed by atoms with Crippen LogP contribution in [0.25, 0.3) is 0 Å². The molecule has 13 heavy (non-hydrogen) atoms. The summed E-state index contributed by atoms with van der Waals surface area (Å²) in [5.41, 5.74) is 0. The van der Waals surface area contributed by atoms with Crippen LogP contribution in [-0.4, -0.2) is 23.1 Å². The van der Waals surface area contributed by atoms with Crippen molar-refractivity contribution < 1.29 is 9.90 Å². The van der Waals surface area contributed by atoms with Crippen LogP contribution in [0, 0.1) is 5.92 Å². The van der Waals surface area contributed by atoms with Gasteiger partial charge in [-0.1, -0.05) is 13.8 Å². The first kappa shape index (κ1) is 12.3. The average Bonchev–Trinajstić information content (AvgIpc) is 1.81. The molecule has 0 aliphatic rings. The molecule has 0 heterocycles. The van der Waals surface area contributed by atoms with Crippen molar-refractivity contribution in [3.8, 4) is 0 Å². The fourth-order valence-electron chi connectivity index (χ4n) is 1.70. The molecule has 0 aliphatic carbocycles. The van der Waals surface area contributed by atoms with Crippen molar-refractivity contribution in [3.63, 3.8) is 0 Å². The molecule has 0 aliphatic heterocycles. The quantitative estimate of drug-likeness (QED) is 0.667. The van der Waals surface area contributed by atoms with Crippen LogP contribution in [0.4, 0.5) is 4.79 Å². The third kappa shape index (κ3) is 4.15. The van der Waals surface area contributed by atoms with Gasteiger partial charge < -0.3 is 14.8 Å². The number of nitrogens with zero attached hydrogens (tertiary/aromatic N) is 1. The second kappa shape index (κ2) is 5.10. The van der Waals surface area contributed by atoms with Gasteiger partial charge in [-0.25, -0.2) is 0 Å². The first-order chi connectivity index (χ1) is 5.86. The third-order valence-corrected chi connectivity index (χ3v) is 2.05. The van der Waals surface area contributed by atoms with Crippen LogP contribution in [0.2, 0.25) is 0 Å². The van der Waals surface area contributed by atoms with Crippen LogP contribution in [0.1, 0.15) is 41.0 Å². The highest BCUT2D eigenvalue weighted by atomic mass is 16.4. The van der Waals surface area contributed by atoms with Gasteiger partial charge in [0.2, 0.25) is 0 Å². The minimum atomic E-state index is -1.07. The van der Waals surface area contributed by atoms with Crippen molar-refractivity contribution in [3.05, 3.63) is 0 Å². The van der Waals surface area contributed by atoms with Crippen LogP contribution in [-0.2, 0) is 0 Å². The lowest BCUT2D eigenvalue weighted by Crippen LogP contribution is -2.50. The second-order valence-corrected chi connectivity index (χ2v) is 4.25. The van der Waals surface area contributed by atoms with Crippen LogP contribution < -0.4 is 5.11 Å². The van der Waals surface area contributed by atoms with E-state index in [2.05, 4.69) is 13.8 Å². The maximum atomic E-state index is 10.8. The summed E-state index contributed by atoms with van der Waals surface area (Å²) in [6.07, 6.45) is -0.185. The minimum absolute atomic E-state index is 0.00116. The number of rotatable bonds is 4. The Kier molecular flexibility index (Phi) is 4.81. The van der Waals surface area contributed by atoms with Gasteiger partial charge in [-0.3, -0.25) is 0 Å². The molecule has 0 rings (SSSR count). The number of hydrogen-bond donors (Lipinski definition) is 0. The van der Waals surface area contributed by atoms with Gasteiger partial charge in [0.25, 0.3) is 0 Å². The molecule has 0 aromatic carbocycles. The highest BCUT2D eigenvalue weighted by Crippen LogP contribution is 2.13. The van der Waals surface area contributed by atoms with Crippen LogP contribution in [0.5, 0.6) is 0 Å². The monoisotopic (exact) mass is 186 g/mol. The Bertz CT molecular complexity index is 166. The lowest BCUT2D eigenvalue weighted by molar-refractivity contribution is -0.270. The molecule has 1 atom stereocenters. The molecule has 0 fully saturated rings. The Morgan fingerprint density at radius 3 is 1.92 bits per heavy atom. The number of carbonyl (C=O) groups excluding carboxylic acids is 1. The van der Waals surface area contributed by atoms with E-state index in [4.69, 9.17) is 0 Å². The Morgan fingerprint density at radius 1 is 1.23 bits per heavy atom. The smallest absolute Gasteiger partial charge is 0.137 e. The van der Waals surface area contributed by atoms with E-state index in [1.54, 1.807) is 0 Å². The van der Waals surface area contributed by atoms with Gasteiger partial charge in [0.15, 0.2) is 0 Å². The molecule has 0 radical (unpaired) electrons. The molecule has 0 bridgehead atoms. The minimum Gasteiger partial charge on any atom is -0.530 e. The molecule has 0 saturated carbocycles. The van der Waals surface area contributed by atoms with Crippen LogP contribution in [0.3, 0.4) is 0 Å².